The Morgan fingerprint density at radius 2 is 1.83 bits per heavy atom. The quantitative estimate of drug-likeness (QED) is 0.767. The molecule has 1 aliphatic rings. The van der Waals surface area contributed by atoms with E-state index in [9.17, 15) is 14.0 Å². The standard InChI is InChI=1S/C14H14FNO2/c1-9-7-13(17)16(14(9)18)10(2)8-11-3-5-12(15)6-4-11/h3-7,10H,8H2,1-2H3. The van der Waals surface area contributed by atoms with Crippen LogP contribution in [0, 0.1) is 5.82 Å². The molecule has 0 aliphatic carbocycles. The average molecular weight is 247 g/mol. The van der Waals surface area contributed by atoms with Crippen LogP contribution in [-0.2, 0) is 16.0 Å². The Kier molecular flexibility index (Phi) is 3.28. The molecule has 1 heterocycles. The van der Waals surface area contributed by atoms with E-state index in [0.29, 0.717) is 12.0 Å². The molecular weight excluding hydrogens is 233 g/mol. The van der Waals surface area contributed by atoms with Crippen molar-refractivity contribution in [2.24, 2.45) is 0 Å². The Morgan fingerprint density at radius 3 is 2.33 bits per heavy atom. The van der Waals surface area contributed by atoms with Crippen LogP contribution < -0.4 is 0 Å². The molecule has 1 aromatic carbocycles. The molecule has 1 atom stereocenters. The fourth-order valence-corrected chi connectivity index (χ4v) is 2.08. The van der Waals surface area contributed by atoms with E-state index in [1.54, 1.807) is 19.1 Å². The van der Waals surface area contributed by atoms with Gasteiger partial charge >= 0.3 is 0 Å². The van der Waals surface area contributed by atoms with E-state index in [1.807, 2.05) is 6.92 Å². The predicted molar refractivity (Wildman–Crippen MR) is 65.2 cm³/mol. The number of carbonyl (C=O) groups excluding carboxylic acids is 2. The summed E-state index contributed by atoms with van der Waals surface area (Å²) in [6, 6.07) is 5.84. The second-order valence-electron chi connectivity index (χ2n) is 4.52. The first kappa shape index (κ1) is 12.5. The minimum absolute atomic E-state index is 0.232. The van der Waals surface area contributed by atoms with Gasteiger partial charge in [0.05, 0.1) is 0 Å². The van der Waals surface area contributed by atoms with Crippen LogP contribution in [0.4, 0.5) is 4.39 Å². The van der Waals surface area contributed by atoms with Gasteiger partial charge in [-0.15, -0.1) is 0 Å². The summed E-state index contributed by atoms with van der Waals surface area (Å²) >= 11 is 0. The van der Waals surface area contributed by atoms with Gasteiger partial charge in [0.1, 0.15) is 5.82 Å². The third kappa shape index (κ3) is 2.32. The van der Waals surface area contributed by atoms with Crippen LogP contribution in [0.15, 0.2) is 35.9 Å². The van der Waals surface area contributed by atoms with Crippen molar-refractivity contribution in [2.45, 2.75) is 26.3 Å². The molecule has 0 aromatic heterocycles. The molecule has 4 heteroatoms. The van der Waals surface area contributed by atoms with Crippen LogP contribution in [0.1, 0.15) is 19.4 Å². The van der Waals surface area contributed by atoms with Gasteiger partial charge in [0.2, 0.25) is 0 Å². The van der Waals surface area contributed by atoms with Crippen molar-refractivity contribution in [3.63, 3.8) is 0 Å². The highest BCUT2D eigenvalue weighted by atomic mass is 19.1. The highest BCUT2D eigenvalue weighted by molar-refractivity contribution is 6.16. The van der Waals surface area contributed by atoms with E-state index in [-0.39, 0.29) is 23.7 Å². The van der Waals surface area contributed by atoms with Crippen LogP contribution in [0.3, 0.4) is 0 Å². The molecule has 2 amide bonds. The molecule has 0 fully saturated rings. The molecule has 0 radical (unpaired) electrons. The summed E-state index contributed by atoms with van der Waals surface area (Å²) in [4.78, 5) is 24.7. The number of amides is 2. The first-order valence-electron chi connectivity index (χ1n) is 5.79. The lowest BCUT2D eigenvalue weighted by Crippen LogP contribution is -2.40. The predicted octanol–water partition coefficient (Wildman–Crippen LogP) is 2.07. The number of hydrogen-bond donors (Lipinski definition) is 0. The lowest BCUT2D eigenvalue weighted by atomic mass is 10.1. The fourth-order valence-electron chi connectivity index (χ4n) is 2.08. The zero-order chi connectivity index (χ0) is 13.3. The largest absolute Gasteiger partial charge is 0.272 e. The van der Waals surface area contributed by atoms with Crippen LogP contribution in [-0.4, -0.2) is 22.8 Å². The van der Waals surface area contributed by atoms with Gasteiger partial charge in [-0.1, -0.05) is 12.1 Å². The van der Waals surface area contributed by atoms with Crippen LogP contribution in [0.2, 0.25) is 0 Å². The summed E-state index contributed by atoms with van der Waals surface area (Å²) in [7, 11) is 0. The third-order valence-electron chi connectivity index (χ3n) is 3.02. The molecule has 1 aromatic rings. The molecule has 0 saturated heterocycles. The maximum absolute atomic E-state index is 12.8. The van der Waals surface area contributed by atoms with Gasteiger partial charge < -0.3 is 0 Å². The summed E-state index contributed by atoms with van der Waals surface area (Å²) in [6.07, 6.45) is 1.88. The van der Waals surface area contributed by atoms with Gasteiger partial charge in [-0.05, 0) is 38.0 Å². The number of halogens is 1. The number of rotatable bonds is 3. The molecule has 1 unspecified atom stereocenters. The van der Waals surface area contributed by atoms with Crippen molar-refractivity contribution >= 4 is 11.8 Å². The molecule has 18 heavy (non-hydrogen) atoms. The minimum Gasteiger partial charge on any atom is -0.272 e. The molecule has 0 saturated carbocycles. The number of benzene rings is 1. The lowest BCUT2D eigenvalue weighted by molar-refractivity contribution is -0.139. The van der Waals surface area contributed by atoms with E-state index in [0.717, 1.165) is 5.56 Å². The lowest BCUT2D eigenvalue weighted by Gasteiger charge is -2.22. The zero-order valence-electron chi connectivity index (χ0n) is 10.3. The average Bonchev–Trinajstić information content (AvgIpc) is 2.56. The Bertz CT molecular complexity index is 519. The smallest absolute Gasteiger partial charge is 0.256 e. The van der Waals surface area contributed by atoms with E-state index in [1.165, 1.54) is 23.1 Å². The summed E-state index contributed by atoms with van der Waals surface area (Å²) in [6.45, 7) is 3.44. The minimum atomic E-state index is -0.294. The number of imide groups is 1. The van der Waals surface area contributed by atoms with Crippen LogP contribution in [0.25, 0.3) is 0 Å². The zero-order valence-corrected chi connectivity index (χ0v) is 10.3. The van der Waals surface area contributed by atoms with Crippen LogP contribution >= 0.6 is 0 Å². The summed E-state index contributed by atoms with van der Waals surface area (Å²) < 4.78 is 12.8. The van der Waals surface area contributed by atoms with Gasteiger partial charge in [-0.2, -0.15) is 0 Å². The fraction of sp³-hybridized carbons (Fsp3) is 0.286. The summed E-state index contributed by atoms with van der Waals surface area (Å²) in [5.41, 5.74) is 1.36. The van der Waals surface area contributed by atoms with Crippen molar-refractivity contribution < 1.29 is 14.0 Å². The summed E-state index contributed by atoms with van der Waals surface area (Å²) in [5.74, 6) is -0.807. The van der Waals surface area contributed by atoms with E-state index in [2.05, 4.69) is 0 Å². The van der Waals surface area contributed by atoms with E-state index < -0.39 is 0 Å². The van der Waals surface area contributed by atoms with Gasteiger partial charge in [0, 0.05) is 17.7 Å². The third-order valence-corrected chi connectivity index (χ3v) is 3.02. The van der Waals surface area contributed by atoms with E-state index in [4.69, 9.17) is 0 Å². The first-order valence-corrected chi connectivity index (χ1v) is 5.79. The maximum Gasteiger partial charge on any atom is 0.256 e. The Morgan fingerprint density at radius 1 is 1.22 bits per heavy atom. The summed E-state index contributed by atoms with van der Waals surface area (Å²) in [5, 5.41) is 0. The van der Waals surface area contributed by atoms with Gasteiger partial charge in [0.25, 0.3) is 11.8 Å². The van der Waals surface area contributed by atoms with Crippen molar-refractivity contribution in [2.75, 3.05) is 0 Å². The Labute approximate surface area is 105 Å². The second-order valence-corrected chi connectivity index (χ2v) is 4.52. The number of nitrogens with zero attached hydrogens (tertiary/aromatic N) is 1. The molecule has 3 nitrogen and oxygen atoms in total. The van der Waals surface area contributed by atoms with Gasteiger partial charge in [-0.25, -0.2) is 4.39 Å². The number of hydrogen-bond acceptors (Lipinski definition) is 2. The SMILES string of the molecule is CC1=CC(=O)N(C(C)Cc2ccc(F)cc2)C1=O. The van der Waals surface area contributed by atoms with Gasteiger partial charge in [0.15, 0.2) is 0 Å². The van der Waals surface area contributed by atoms with Crippen molar-refractivity contribution in [3.05, 3.63) is 47.3 Å². The Hall–Kier alpha value is -1.97. The maximum atomic E-state index is 12.8. The molecular formula is C14H14FNO2. The van der Waals surface area contributed by atoms with Crippen molar-refractivity contribution in [1.29, 1.82) is 0 Å². The monoisotopic (exact) mass is 247 g/mol. The van der Waals surface area contributed by atoms with E-state index >= 15 is 0 Å². The molecule has 0 bridgehead atoms. The Balaban J connectivity index is 2.09. The second kappa shape index (κ2) is 4.72. The van der Waals surface area contributed by atoms with Crippen molar-refractivity contribution in [1.82, 2.24) is 4.90 Å². The topological polar surface area (TPSA) is 37.4 Å². The molecule has 0 N–H and O–H groups in total. The van der Waals surface area contributed by atoms with Crippen LogP contribution in [0.5, 0.6) is 0 Å². The normalized spacial score (nSPS) is 17.1. The van der Waals surface area contributed by atoms with Crippen molar-refractivity contribution in [3.8, 4) is 0 Å². The highest BCUT2D eigenvalue weighted by Gasteiger charge is 2.32. The molecule has 2 rings (SSSR count). The molecule has 94 valence electrons. The first-order chi connectivity index (χ1) is 8.49. The molecule has 0 spiro atoms. The highest BCUT2D eigenvalue weighted by Crippen LogP contribution is 2.18. The molecule has 1 aliphatic heterocycles. The number of carbonyl (C=O) groups is 2. The van der Waals surface area contributed by atoms with Gasteiger partial charge in [-0.3, -0.25) is 14.5 Å².